The maximum Gasteiger partial charge on any atom is 0.211 e. The first kappa shape index (κ1) is 16.0. The van der Waals surface area contributed by atoms with Crippen LogP contribution in [0.15, 0.2) is 54.6 Å². The van der Waals surface area contributed by atoms with Gasteiger partial charge in [-0.15, -0.1) is 0 Å². The van der Waals surface area contributed by atoms with Gasteiger partial charge in [-0.05, 0) is 36.1 Å². The summed E-state index contributed by atoms with van der Waals surface area (Å²) in [5.74, 6) is 0.109. The van der Waals surface area contributed by atoms with Gasteiger partial charge in [-0.1, -0.05) is 54.1 Å². The van der Waals surface area contributed by atoms with Crippen LogP contribution in [0.4, 0.5) is 0 Å². The number of hydrogen-bond acceptors (Lipinski definition) is 2. The first-order valence-corrected chi connectivity index (χ1v) is 8.84. The number of aryl methyl sites for hydroxylation is 1. The van der Waals surface area contributed by atoms with Crippen LogP contribution in [0.25, 0.3) is 0 Å². The lowest BCUT2D eigenvalue weighted by atomic mass is 10.2. The standard InChI is InChI=1S/C16H18ClNO2S/c17-16-8-6-15(7-9-16)10-12-18-21(19,20)13-11-14-4-2-1-3-5-14/h1-9,18H,10-13H2. The van der Waals surface area contributed by atoms with E-state index >= 15 is 0 Å². The maximum absolute atomic E-state index is 11.9. The van der Waals surface area contributed by atoms with Crippen LogP contribution in [-0.2, 0) is 22.9 Å². The van der Waals surface area contributed by atoms with Crippen molar-refractivity contribution >= 4 is 21.6 Å². The number of hydrogen-bond donors (Lipinski definition) is 1. The molecule has 5 heteroatoms. The van der Waals surface area contributed by atoms with E-state index in [1.54, 1.807) is 12.1 Å². The van der Waals surface area contributed by atoms with Gasteiger partial charge >= 0.3 is 0 Å². The number of halogens is 1. The highest BCUT2D eigenvalue weighted by molar-refractivity contribution is 7.89. The molecule has 0 heterocycles. The number of sulfonamides is 1. The van der Waals surface area contributed by atoms with Crippen molar-refractivity contribution in [3.05, 3.63) is 70.7 Å². The second kappa shape index (κ2) is 7.59. The number of nitrogens with one attached hydrogen (secondary N) is 1. The van der Waals surface area contributed by atoms with Crippen LogP contribution in [0, 0.1) is 0 Å². The molecule has 0 fully saturated rings. The molecule has 0 spiro atoms. The molecule has 112 valence electrons. The molecule has 1 N–H and O–H groups in total. The Bertz CT molecular complexity index is 654. The predicted octanol–water partition coefficient (Wildman–Crippen LogP) is 3.04. The van der Waals surface area contributed by atoms with Crippen molar-refractivity contribution in [1.82, 2.24) is 4.72 Å². The molecule has 0 unspecified atom stereocenters. The number of benzene rings is 2. The van der Waals surface area contributed by atoms with E-state index in [0.29, 0.717) is 24.4 Å². The van der Waals surface area contributed by atoms with Gasteiger partial charge in [-0.25, -0.2) is 13.1 Å². The molecule has 21 heavy (non-hydrogen) atoms. The average molecular weight is 324 g/mol. The van der Waals surface area contributed by atoms with E-state index in [4.69, 9.17) is 11.6 Å². The first-order valence-electron chi connectivity index (χ1n) is 6.81. The van der Waals surface area contributed by atoms with Crippen molar-refractivity contribution in [3.8, 4) is 0 Å². The van der Waals surface area contributed by atoms with Crippen LogP contribution in [0.5, 0.6) is 0 Å². The Kier molecular flexibility index (Phi) is 5.79. The lowest BCUT2D eigenvalue weighted by molar-refractivity contribution is 0.581. The zero-order valence-electron chi connectivity index (χ0n) is 11.6. The van der Waals surface area contributed by atoms with Crippen LogP contribution in [0.3, 0.4) is 0 Å². The molecule has 3 nitrogen and oxygen atoms in total. The molecule has 0 saturated heterocycles. The van der Waals surface area contributed by atoms with E-state index in [0.717, 1.165) is 11.1 Å². The molecular formula is C16H18ClNO2S. The normalized spacial score (nSPS) is 11.5. The van der Waals surface area contributed by atoms with Crippen molar-refractivity contribution in [3.63, 3.8) is 0 Å². The van der Waals surface area contributed by atoms with E-state index in [9.17, 15) is 8.42 Å². The van der Waals surface area contributed by atoms with Gasteiger partial charge in [0.05, 0.1) is 5.75 Å². The highest BCUT2D eigenvalue weighted by Crippen LogP contribution is 2.09. The van der Waals surface area contributed by atoms with Crippen LogP contribution < -0.4 is 4.72 Å². The Labute approximate surface area is 131 Å². The summed E-state index contributed by atoms with van der Waals surface area (Å²) in [7, 11) is -3.23. The Morgan fingerprint density at radius 3 is 2.14 bits per heavy atom. The van der Waals surface area contributed by atoms with Crippen LogP contribution in [0.2, 0.25) is 5.02 Å². The highest BCUT2D eigenvalue weighted by Gasteiger charge is 2.09. The fraction of sp³-hybridized carbons (Fsp3) is 0.250. The second-order valence-corrected chi connectivity index (χ2v) is 7.19. The van der Waals surface area contributed by atoms with Crippen molar-refractivity contribution in [1.29, 1.82) is 0 Å². The van der Waals surface area contributed by atoms with E-state index in [2.05, 4.69) is 4.72 Å². The van der Waals surface area contributed by atoms with E-state index in [1.165, 1.54) is 0 Å². The van der Waals surface area contributed by atoms with Gasteiger partial charge in [0.15, 0.2) is 0 Å². The molecule has 0 aliphatic carbocycles. The lowest BCUT2D eigenvalue weighted by Gasteiger charge is -2.07. The molecular weight excluding hydrogens is 306 g/mol. The van der Waals surface area contributed by atoms with Crippen LogP contribution in [-0.4, -0.2) is 20.7 Å². The number of rotatable bonds is 7. The van der Waals surface area contributed by atoms with E-state index < -0.39 is 10.0 Å². The molecule has 0 aliphatic rings. The summed E-state index contributed by atoms with van der Waals surface area (Å²) in [4.78, 5) is 0. The molecule has 0 atom stereocenters. The van der Waals surface area contributed by atoms with Gasteiger partial charge in [0.1, 0.15) is 0 Å². The summed E-state index contributed by atoms with van der Waals surface area (Å²) in [6, 6.07) is 17.0. The molecule has 0 bridgehead atoms. The Hall–Kier alpha value is -1.36. The minimum atomic E-state index is -3.23. The summed E-state index contributed by atoms with van der Waals surface area (Å²) >= 11 is 5.81. The van der Waals surface area contributed by atoms with Crippen molar-refractivity contribution in [2.45, 2.75) is 12.8 Å². The minimum absolute atomic E-state index is 0.109. The van der Waals surface area contributed by atoms with Crippen LogP contribution in [0.1, 0.15) is 11.1 Å². The molecule has 2 aromatic carbocycles. The highest BCUT2D eigenvalue weighted by atomic mass is 35.5. The largest absolute Gasteiger partial charge is 0.215 e. The second-order valence-electron chi connectivity index (χ2n) is 4.83. The first-order chi connectivity index (χ1) is 10.1. The van der Waals surface area contributed by atoms with Gasteiger partial charge < -0.3 is 0 Å². The molecule has 0 radical (unpaired) electrons. The van der Waals surface area contributed by atoms with Gasteiger partial charge in [0.2, 0.25) is 10.0 Å². The molecule has 2 aromatic rings. The zero-order valence-corrected chi connectivity index (χ0v) is 13.2. The van der Waals surface area contributed by atoms with Gasteiger partial charge in [-0.2, -0.15) is 0 Å². The van der Waals surface area contributed by atoms with Gasteiger partial charge in [0.25, 0.3) is 0 Å². The molecule has 0 aliphatic heterocycles. The zero-order chi connectivity index (χ0) is 15.1. The van der Waals surface area contributed by atoms with Gasteiger partial charge in [-0.3, -0.25) is 0 Å². The minimum Gasteiger partial charge on any atom is -0.215 e. The Morgan fingerprint density at radius 1 is 0.857 bits per heavy atom. The average Bonchev–Trinajstić information content (AvgIpc) is 2.48. The van der Waals surface area contributed by atoms with E-state index in [1.807, 2.05) is 42.5 Å². The Balaban J connectivity index is 1.77. The van der Waals surface area contributed by atoms with Crippen molar-refractivity contribution in [2.75, 3.05) is 12.3 Å². The summed E-state index contributed by atoms with van der Waals surface area (Å²) in [6.07, 6.45) is 1.18. The molecule has 0 saturated carbocycles. The van der Waals surface area contributed by atoms with Crippen molar-refractivity contribution < 1.29 is 8.42 Å². The predicted molar refractivity (Wildman–Crippen MR) is 87.1 cm³/mol. The Morgan fingerprint density at radius 2 is 1.48 bits per heavy atom. The SMILES string of the molecule is O=S(=O)(CCc1ccccc1)NCCc1ccc(Cl)cc1. The van der Waals surface area contributed by atoms with Crippen molar-refractivity contribution in [2.24, 2.45) is 0 Å². The summed E-state index contributed by atoms with van der Waals surface area (Å²) in [6.45, 7) is 0.402. The fourth-order valence-corrected chi connectivity index (χ4v) is 3.16. The third-order valence-corrected chi connectivity index (χ3v) is 4.79. The fourth-order valence-electron chi connectivity index (χ4n) is 1.97. The maximum atomic E-state index is 11.9. The smallest absolute Gasteiger partial charge is 0.211 e. The third kappa shape index (κ3) is 5.87. The molecule has 0 amide bonds. The summed E-state index contributed by atoms with van der Waals surface area (Å²) in [5, 5.41) is 0.683. The molecule has 0 aromatic heterocycles. The van der Waals surface area contributed by atoms with Crippen LogP contribution >= 0.6 is 11.6 Å². The monoisotopic (exact) mass is 323 g/mol. The molecule has 2 rings (SSSR count). The summed E-state index contributed by atoms with van der Waals surface area (Å²) < 4.78 is 26.5. The van der Waals surface area contributed by atoms with E-state index in [-0.39, 0.29) is 5.75 Å². The third-order valence-electron chi connectivity index (χ3n) is 3.15. The van der Waals surface area contributed by atoms with Gasteiger partial charge in [0, 0.05) is 11.6 Å². The quantitative estimate of drug-likeness (QED) is 0.851. The lowest BCUT2D eigenvalue weighted by Crippen LogP contribution is -2.29. The topological polar surface area (TPSA) is 46.2 Å². The summed E-state index contributed by atoms with van der Waals surface area (Å²) in [5.41, 5.74) is 2.09.